The summed E-state index contributed by atoms with van der Waals surface area (Å²) in [4.78, 5) is 26.7. The molecule has 2 amide bonds. The predicted octanol–water partition coefficient (Wildman–Crippen LogP) is 3.63. The van der Waals surface area contributed by atoms with Gasteiger partial charge in [0.2, 0.25) is 11.8 Å². The van der Waals surface area contributed by atoms with Crippen LogP contribution in [0.25, 0.3) is 10.9 Å². The van der Waals surface area contributed by atoms with Gasteiger partial charge in [0.15, 0.2) is 5.82 Å². The number of rotatable bonds is 3. The molecule has 1 aliphatic heterocycles. The van der Waals surface area contributed by atoms with E-state index in [4.69, 9.17) is 0 Å². The van der Waals surface area contributed by atoms with E-state index in [2.05, 4.69) is 31.4 Å². The minimum Gasteiger partial charge on any atom is -0.326 e. The minimum atomic E-state index is -0.402. The van der Waals surface area contributed by atoms with Gasteiger partial charge in [-0.15, -0.1) is 0 Å². The summed E-state index contributed by atoms with van der Waals surface area (Å²) in [6.07, 6.45) is 0.183. The largest absolute Gasteiger partial charge is 0.326 e. The molecule has 1 aliphatic rings. The first-order valence-electron chi connectivity index (χ1n) is 8.33. The Morgan fingerprint density at radius 2 is 2.12 bits per heavy atom. The number of aromatic amines is 1. The molecule has 132 valence electrons. The molecule has 2 heterocycles. The second kappa shape index (κ2) is 6.57. The average Bonchev–Trinajstić information content (AvgIpc) is 3.20. The number of carbonyl (C=O) groups is 2. The number of para-hydroxylation sites is 1. The second-order valence-corrected chi connectivity index (χ2v) is 7.36. The van der Waals surface area contributed by atoms with Crippen molar-refractivity contribution in [2.45, 2.75) is 13.3 Å². The van der Waals surface area contributed by atoms with E-state index in [9.17, 15) is 9.59 Å². The van der Waals surface area contributed by atoms with E-state index in [0.29, 0.717) is 12.4 Å². The summed E-state index contributed by atoms with van der Waals surface area (Å²) in [7, 11) is 0. The molecule has 4 rings (SSSR count). The molecule has 0 aliphatic carbocycles. The average molecular weight is 413 g/mol. The van der Waals surface area contributed by atoms with Gasteiger partial charge < -0.3 is 5.32 Å². The number of nitrogens with zero attached hydrogens (tertiary/aromatic N) is 2. The van der Waals surface area contributed by atoms with E-state index >= 15 is 0 Å². The lowest BCUT2D eigenvalue weighted by Crippen LogP contribution is -2.28. The van der Waals surface area contributed by atoms with Crippen molar-refractivity contribution in [3.8, 4) is 0 Å². The number of aryl methyl sites for hydroxylation is 1. The van der Waals surface area contributed by atoms with Gasteiger partial charge in [0.1, 0.15) is 0 Å². The highest BCUT2D eigenvalue weighted by atomic mass is 79.9. The zero-order chi connectivity index (χ0) is 18.3. The molecule has 1 fully saturated rings. The van der Waals surface area contributed by atoms with Crippen LogP contribution in [0, 0.1) is 12.8 Å². The molecular weight excluding hydrogens is 396 g/mol. The Bertz CT molecular complexity index is 1010. The number of H-pyrrole nitrogens is 1. The first-order valence-corrected chi connectivity index (χ1v) is 9.12. The number of fused-ring (bicyclic) bond motifs is 1. The highest BCUT2D eigenvalue weighted by Crippen LogP contribution is 2.30. The SMILES string of the molecule is Cc1cc(Br)ccc1NC(=O)[C@@H]1CC(=O)N(c2n[nH]c3ccccc23)C1. The number of halogens is 1. The maximum Gasteiger partial charge on any atom is 0.229 e. The topological polar surface area (TPSA) is 78.1 Å². The number of aromatic nitrogens is 2. The van der Waals surface area contributed by atoms with Gasteiger partial charge in [-0.3, -0.25) is 19.6 Å². The summed E-state index contributed by atoms with van der Waals surface area (Å²) in [6.45, 7) is 2.26. The summed E-state index contributed by atoms with van der Waals surface area (Å²) in [5, 5.41) is 11.0. The van der Waals surface area contributed by atoms with Crippen molar-refractivity contribution in [3.05, 3.63) is 52.5 Å². The summed E-state index contributed by atoms with van der Waals surface area (Å²) in [6, 6.07) is 13.3. The number of nitrogens with one attached hydrogen (secondary N) is 2. The van der Waals surface area contributed by atoms with Crippen molar-refractivity contribution < 1.29 is 9.59 Å². The predicted molar refractivity (Wildman–Crippen MR) is 104 cm³/mol. The maximum absolute atomic E-state index is 12.6. The fourth-order valence-electron chi connectivity index (χ4n) is 3.24. The normalized spacial score (nSPS) is 17.1. The number of carbonyl (C=O) groups excluding carboxylic acids is 2. The first-order chi connectivity index (χ1) is 12.5. The van der Waals surface area contributed by atoms with Crippen molar-refractivity contribution in [1.29, 1.82) is 0 Å². The molecule has 3 aromatic rings. The van der Waals surface area contributed by atoms with Crippen molar-refractivity contribution in [2.75, 3.05) is 16.8 Å². The lowest BCUT2D eigenvalue weighted by molar-refractivity contribution is -0.122. The van der Waals surface area contributed by atoms with Crippen LogP contribution in [-0.2, 0) is 9.59 Å². The van der Waals surface area contributed by atoms with E-state index in [1.807, 2.05) is 49.4 Å². The zero-order valence-corrected chi connectivity index (χ0v) is 15.7. The molecule has 1 aromatic heterocycles. The van der Waals surface area contributed by atoms with E-state index in [0.717, 1.165) is 26.6 Å². The Labute approximate surface area is 158 Å². The molecule has 0 radical (unpaired) electrons. The third-order valence-corrected chi connectivity index (χ3v) is 5.14. The Hall–Kier alpha value is -2.67. The molecule has 1 atom stereocenters. The van der Waals surface area contributed by atoms with Crippen molar-refractivity contribution in [1.82, 2.24) is 10.2 Å². The van der Waals surface area contributed by atoms with Crippen LogP contribution in [0.4, 0.5) is 11.5 Å². The standard InChI is InChI=1S/C19H17BrN4O2/c1-11-8-13(20)6-7-15(11)21-19(26)12-9-17(25)24(10-12)18-14-4-2-3-5-16(14)22-23-18/h2-8,12H,9-10H2,1H3,(H,21,26)(H,22,23)/t12-/m1/s1. The Balaban J connectivity index is 1.53. The van der Waals surface area contributed by atoms with Gasteiger partial charge in [-0.2, -0.15) is 5.10 Å². The van der Waals surface area contributed by atoms with Gasteiger partial charge in [0, 0.05) is 28.5 Å². The molecule has 0 bridgehead atoms. The van der Waals surface area contributed by atoms with E-state index in [1.165, 1.54) is 0 Å². The van der Waals surface area contributed by atoms with Gasteiger partial charge in [-0.05, 0) is 42.8 Å². The maximum atomic E-state index is 12.6. The lowest BCUT2D eigenvalue weighted by Gasteiger charge is -2.15. The van der Waals surface area contributed by atoms with Crippen LogP contribution in [0.3, 0.4) is 0 Å². The zero-order valence-electron chi connectivity index (χ0n) is 14.1. The molecule has 0 spiro atoms. The number of hydrogen-bond donors (Lipinski definition) is 2. The third kappa shape index (κ3) is 2.99. The first kappa shape index (κ1) is 16.8. The molecule has 0 unspecified atom stereocenters. The Kier molecular flexibility index (Phi) is 4.24. The minimum absolute atomic E-state index is 0.0880. The van der Waals surface area contributed by atoms with Crippen LogP contribution in [-0.4, -0.2) is 28.6 Å². The van der Waals surface area contributed by atoms with Crippen molar-refractivity contribution in [2.24, 2.45) is 5.92 Å². The van der Waals surface area contributed by atoms with E-state index in [1.54, 1.807) is 4.90 Å². The Morgan fingerprint density at radius 1 is 1.31 bits per heavy atom. The molecular formula is C19H17BrN4O2. The van der Waals surface area contributed by atoms with Gasteiger partial charge in [-0.1, -0.05) is 28.1 Å². The van der Waals surface area contributed by atoms with Gasteiger partial charge >= 0.3 is 0 Å². The highest BCUT2D eigenvalue weighted by Gasteiger charge is 2.37. The Morgan fingerprint density at radius 3 is 2.92 bits per heavy atom. The molecule has 26 heavy (non-hydrogen) atoms. The third-order valence-electron chi connectivity index (χ3n) is 4.65. The number of hydrogen-bond acceptors (Lipinski definition) is 3. The smallest absolute Gasteiger partial charge is 0.229 e. The quantitative estimate of drug-likeness (QED) is 0.689. The van der Waals surface area contributed by atoms with Crippen LogP contribution in [0.15, 0.2) is 46.9 Å². The summed E-state index contributed by atoms with van der Waals surface area (Å²) in [5.41, 5.74) is 2.59. The van der Waals surface area contributed by atoms with E-state index in [-0.39, 0.29) is 18.2 Å². The van der Waals surface area contributed by atoms with Crippen LogP contribution >= 0.6 is 15.9 Å². The van der Waals surface area contributed by atoms with Gasteiger partial charge in [-0.25, -0.2) is 0 Å². The highest BCUT2D eigenvalue weighted by molar-refractivity contribution is 9.10. The molecule has 0 saturated carbocycles. The summed E-state index contributed by atoms with van der Waals surface area (Å²) in [5.74, 6) is -0.0530. The second-order valence-electron chi connectivity index (χ2n) is 6.45. The molecule has 2 aromatic carbocycles. The summed E-state index contributed by atoms with van der Waals surface area (Å²) >= 11 is 3.41. The van der Waals surface area contributed by atoms with Crippen LogP contribution in [0.2, 0.25) is 0 Å². The fourth-order valence-corrected chi connectivity index (χ4v) is 3.72. The van der Waals surface area contributed by atoms with Gasteiger partial charge in [0.05, 0.1) is 11.4 Å². The van der Waals surface area contributed by atoms with E-state index < -0.39 is 5.92 Å². The molecule has 2 N–H and O–H groups in total. The number of benzene rings is 2. The van der Waals surface area contributed by atoms with Crippen LogP contribution in [0.5, 0.6) is 0 Å². The van der Waals surface area contributed by atoms with Crippen LogP contribution in [0.1, 0.15) is 12.0 Å². The van der Waals surface area contributed by atoms with Crippen molar-refractivity contribution in [3.63, 3.8) is 0 Å². The monoisotopic (exact) mass is 412 g/mol. The number of amides is 2. The molecule has 7 heteroatoms. The van der Waals surface area contributed by atoms with Gasteiger partial charge in [0.25, 0.3) is 0 Å². The summed E-state index contributed by atoms with van der Waals surface area (Å²) < 4.78 is 0.959. The number of anilines is 2. The lowest BCUT2D eigenvalue weighted by atomic mass is 10.1. The van der Waals surface area contributed by atoms with Crippen LogP contribution < -0.4 is 10.2 Å². The van der Waals surface area contributed by atoms with Crippen molar-refractivity contribution >= 4 is 50.2 Å². The molecule has 1 saturated heterocycles. The fraction of sp³-hybridized carbons (Fsp3) is 0.211. The molecule has 6 nitrogen and oxygen atoms in total.